The van der Waals surface area contributed by atoms with E-state index in [-0.39, 0.29) is 6.42 Å². The maximum absolute atomic E-state index is 12.0. The third-order valence-electron chi connectivity index (χ3n) is 3.92. The van der Waals surface area contributed by atoms with Gasteiger partial charge in [-0.05, 0) is 6.92 Å². The molecular weight excluding hydrogens is 403 g/mol. The minimum Gasteiger partial charge on any atom is -0.378 e. The second kappa shape index (κ2) is 12.9. The molecule has 0 bridgehead atoms. The van der Waals surface area contributed by atoms with Crippen LogP contribution >= 0.6 is 7.82 Å². The molecule has 0 amide bonds. The van der Waals surface area contributed by atoms with Crippen LogP contribution in [-0.4, -0.2) is 47.0 Å². The first-order chi connectivity index (χ1) is 13.7. The van der Waals surface area contributed by atoms with Crippen LogP contribution in [0.2, 0.25) is 0 Å². The fraction of sp³-hybridized carbons (Fsp3) is 0.667. The number of phosphoric acid groups is 1. The van der Waals surface area contributed by atoms with Gasteiger partial charge >= 0.3 is 13.5 Å². The van der Waals surface area contributed by atoms with Gasteiger partial charge in [-0.15, -0.1) is 6.58 Å². The normalized spacial score (nSPS) is 23.7. The van der Waals surface area contributed by atoms with Crippen molar-refractivity contribution in [2.75, 3.05) is 14.2 Å². The Labute approximate surface area is 171 Å². The van der Waals surface area contributed by atoms with Crippen molar-refractivity contribution in [2.24, 2.45) is 0 Å². The average Bonchev–Trinajstić information content (AvgIpc) is 3.16. The van der Waals surface area contributed by atoms with Gasteiger partial charge in [-0.3, -0.25) is 23.4 Å². The highest BCUT2D eigenvalue weighted by molar-refractivity contribution is 7.47. The summed E-state index contributed by atoms with van der Waals surface area (Å²) in [5.74, 6) is 0. The monoisotopic (exact) mass is 436 g/mol. The predicted octanol–water partition coefficient (Wildman–Crippen LogP) is 2.52. The molecule has 1 aromatic heterocycles. The Bertz CT molecular complexity index is 791. The number of aryl methyl sites for hydroxylation is 1. The van der Waals surface area contributed by atoms with Crippen LogP contribution in [0.5, 0.6) is 0 Å². The molecule has 0 radical (unpaired) electrons. The lowest BCUT2D eigenvalue weighted by molar-refractivity contribution is -0.0741. The molecular formula is C18H33N2O8P. The molecule has 2 rings (SSSR count). The summed E-state index contributed by atoms with van der Waals surface area (Å²) in [6.45, 7) is 13.1. The topological polar surface area (TPSA) is 129 Å². The number of aromatic amines is 1. The Kier molecular flexibility index (Phi) is 12.2. The number of hydrogen-bond acceptors (Lipinski definition) is 7. The summed E-state index contributed by atoms with van der Waals surface area (Å²) in [4.78, 5) is 35.2. The van der Waals surface area contributed by atoms with Gasteiger partial charge in [0, 0.05) is 32.4 Å². The summed E-state index contributed by atoms with van der Waals surface area (Å²) >= 11 is 0. The van der Waals surface area contributed by atoms with E-state index in [0.29, 0.717) is 5.56 Å². The number of aromatic nitrogens is 2. The van der Waals surface area contributed by atoms with Gasteiger partial charge in [0.1, 0.15) is 18.4 Å². The highest BCUT2D eigenvalue weighted by Gasteiger charge is 2.43. The fourth-order valence-corrected chi connectivity index (χ4v) is 3.19. The molecule has 10 nitrogen and oxygen atoms in total. The van der Waals surface area contributed by atoms with Gasteiger partial charge in [-0.2, -0.15) is 0 Å². The maximum atomic E-state index is 12.0. The van der Waals surface area contributed by atoms with Crippen molar-refractivity contribution in [3.05, 3.63) is 45.3 Å². The zero-order valence-corrected chi connectivity index (χ0v) is 19.0. The van der Waals surface area contributed by atoms with Crippen LogP contribution in [0.1, 0.15) is 45.9 Å². The Hall–Kier alpha value is -1.55. The SMILES string of the molecule is C=CC(OP(=O)(O)OC)C1OC(n2cc(C)c(=O)[nH]c2=O)CC1OC.CC.CC. The molecule has 0 spiro atoms. The summed E-state index contributed by atoms with van der Waals surface area (Å²) in [5.41, 5.74) is -0.763. The number of nitrogens with one attached hydrogen (secondary N) is 1. The van der Waals surface area contributed by atoms with Gasteiger partial charge in [0.05, 0.1) is 6.10 Å². The molecule has 29 heavy (non-hydrogen) atoms. The number of methoxy groups -OCH3 is 1. The van der Waals surface area contributed by atoms with Crippen LogP contribution in [0.25, 0.3) is 0 Å². The molecule has 2 heterocycles. The van der Waals surface area contributed by atoms with E-state index >= 15 is 0 Å². The van der Waals surface area contributed by atoms with Gasteiger partial charge in [0.25, 0.3) is 5.56 Å². The number of H-pyrrole nitrogens is 1. The molecule has 1 aliphatic heterocycles. The van der Waals surface area contributed by atoms with Crippen molar-refractivity contribution in [1.29, 1.82) is 0 Å². The Morgan fingerprint density at radius 3 is 2.41 bits per heavy atom. The quantitative estimate of drug-likeness (QED) is 0.493. The van der Waals surface area contributed by atoms with Crippen LogP contribution in [-0.2, 0) is 23.1 Å². The van der Waals surface area contributed by atoms with Crippen LogP contribution < -0.4 is 11.2 Å². The van der Waals surface area contributed by atoms with Crippen LogP contribution in [0.15, 0.2) is 28.4 Å². The summed E-state index contributed by atoms with van der Waals surface area (Å²) in [6.07, 6.45) is -0.150. The minimum atomic E-state index is -4.27. The van der Waals surface area contributed by atoms with Crippen LogP contribution in [0.4, 0.5) is 0 Å². The predicted molar refractivity (Wildman–Crippen MR) is 110 cm³/mol. The second-order valence-corrected chi connectivity index (χ2v) is 7.01. The fourth-order valence-electron chi connectivity index (χ4n) is 2.59. The smallest absolute Gasteiger partial charge is 0.378 e. The van der Waals surface area contributed by atoms with Gasteiger partial charge in [0.2, 0.25) is 0 Å². The number of phosphoric ester groups is 1. The minimum absolute atomic E-state index is 0.267. The Morgan fingerprint density at radius 2 is 1.93 bits per heavy atom. The van der Waals surface area contributed by atoms with E-state index in [1.165, 1.54) is 23.9 Å². The number of ether oxygens (including phenoxy) is 2. The van der Waals surface area contributed by atoms with E-state index in [1.807, 2.05) is 27.7 Å². The molecule has 0 saturated carbocycles. The highest BCUT2D eigenvalue weighted by Crippen LogP contribution is 2.46. The third kappa shape index (κ3) is 7.33. The summed E-state index contributed by atoms with van der Waals surface area (Å²) in [6, 6.07) is 0. The van der Waals surface area contributed by atoms with E-state index in [4.69, 9.17) is 14.0 Å². The molecule has 1 aliphatic rings. The molecule has 1 fully saturated rings. The van der Waals surface area contributed by atoms with E-state index in [1.54, 1.807) is 6.92 Å². The van der Waals surface area contributed by atoms with Crippen LogP contribution in [0.3, 0.4) is 0 Å². The van der Waals surface area contributed by atoms with Crippen molar-refractivity contribution < 1.29 is 28.0 Å². The Morgan fingerprint density at radius 1 is 1.34 bits per heavy atom. The molecule has 11 heteroatoms. The van der Waals surface area contributed by atoms with E-state index < -0.39 is 43.6 Å². The summed E-state index contributed by atoms with van der Waals surface area (Å²) in [5, 5.41) is 0. The van der Waals surface area contributed by atoms with Crippen molar-refractivity contribution >= 4 is 7.82 Å². The molecule has 2 N–H and O–H groups in total. The largest absolute Gasteiger partial charge is 0.472 e. The molecule has 5 unspecified atom stereocenters. The summed E-state index contributed by atoms with van der Waals surface area (Å²) in [7, 11) is -1.79. The molecule has 5 atom stereocenters. The van der Waals surface area contributed by atoms with Crippen molar-refractivity contribution in [3.8, 4) is 0 Å². The third-order valence-corrected chi connectivity index (χ3v) is 4.89. The number of rotatable bonds is 7. The molecule has 0 aromatic carbocycles. The standard InChI is InChI=1S/C14H21N2O8P.2C2H6/c1-5-9(24-25(19,20)22-4)12-10(21-3)6-11(23-12)16-7-8(2)13(17)15-14(16)18;2*1-2/h5,7,9-12H,1,6H2,2-4H3,(H,19,20)(H,15,17,18);2*1-2H3. The molecule has 0 aliphatic carbocycles. The second-order valence-electron chi connectivity index (χ2n) is 5.50. The van der Waals surface area contributed by atoms with Crippen LogP contribution in [0, 0.1) is 6.92 Å². The first kappa shape index (κ1) is 27.5. The molecule has 1 aromatic rings. The lowest BCUT2D eigenvalue weighted by Gasteiger charge is -2.25. The van der Waals surface area contributed by atoms with E-state index in [2.05, 4.69) is 16.1 Å². The highest BCUT2D eigenvalue weighted by atomic mass is 31.2. The lowest BCUT2D eigenvalue weighted by atomic mass is 10.1. The zero-order chi connectivity index (χ0) is 22.8. The first-order valence-electron chi connectivity index (χ1n) is 9.42. The average molecular weight is 436 g/mol. The summed E-state index contributed by atoms with van der Waals surface area (Å²) < 4.78 is 33.5. The van der Waals surface area contributed by atoms with Crippen molar-refractivity contribution in [1.82, 2.24) is 9.55 Å². The van der Waals surface area contributed by atoms with Gasteiger partial charge in [-0.1, -0.05) is 33.8 Å². The van der Waals surface area contributed by atoms with Gasteiger partial charge < -0.3 is 14.4 Å². The zero-order valence-electron chi connectivity index (χ0n) is 18.1. The maximum Gasteiger partial charge on any atom is 0.472 e. The number of nitrogens with zero attached hydrogens (tertiary/aromatic N) is 1. The Balaban J connectivity index is 0.00000184. The molecule has 168 valence electrons. The van der Waals surface area contributed by atoms with Gasteiger partial charge in [-0.25, -0.2) is 9.36 Å². The van der Waals surface area contributed by atoms with E-state index in [0.717, 1.165) is 7.11 Å². The molecule has 1 saturated heterocycles. The lowest BCUT2D eigenvalue weighted by Crippen LogP contribution is -2.36. The van der Waals surface area contributed by atoms with Crippen molar-refractivity contribution in [2.45, 2.75) is 65.6 Å². The van der Waals surface area contributed by atoms with Gasteiger partial charge in [0.15, 0.2) is 0 Å². The van der Waals surface area contributed by atoms with Crippen molar-refractivity contribution in [3.63, 3.8) is 0 Å². The van der Waals surface area contributed by atoms with E-state index in [9.17, 15) is 19.0 Å². The number of hydrogen-bond donors (Lipinski definition) is 2. The first-order valence-corrected chi connectivity index (χ1v) is 10.9.